The Labute approximate surface area is 204 Å². The van der Waals surface area contributed by atoms with Gasteiger partial charge in [0.1, 0.15) is 28.6 Å². The number of aromatic nitrogens is 2. The first-order valence-corrected chi connectivity index (χ1v) is 12.1. The molecule has 1 amide bonds. The highest BCUT2D eigenvalue weighted by molar-refractivity contribution is 6.00. The van der Waals surface area contributed by atoms with E-state index in [0.717, 1.165) is 23.3 Å². The van der Waals surface area contributed by atoms with Gasteiger partial charge in [-0.15, -0.1) is 0 Å². The summed E-state index contributed by atoms with van der Waals surface area (Å²) < 4.78 is 11.5. The van der Waals surface area contributed by atoms with Crippen LogP contribution in [0.1, 0.15) is 66.0 Å². The molecule has 0 bridgehead atoms. The summed E-state index contributed by atoms with van der Waals surface area (Å²) in [6, 6.07) is 18.2. The van der Waals surface area contributed by atoms with Gasteiger partial charge in [0.05, 0.1) is 25.5 Å². The maximum atomic E-state index is 13.5. The number of carbonyl (C=O) groups is 1. The van der Waals surface area contributed by atoms with Crippen molar-refractivity contribution in [2.24, 2.45) is 0 Å². The lowest BCUT2D eigenvalue weighted by Crippen LogP contribution is -2.28. The molecule has 0 spiro atoms. The number of nitrogens with zero attached hydrogens (tertiary/aromatic N) is 2. The normalized spacial score (nSPS) is 14.9. The number of aromatic amines is 1. The van der Waals surface area contributed by atoms with E-state index in [9.17, 15) is 9.90 Å². The quantitative estimate of drug-likeness (QED) is 0.274. The number of para-hydroxylation sites is 1. The van der Waals surface area contributed by atoms with Crippen molar-refractivity contribution in [2.75, 3.05) is 6.61 Å². The fraction of sp³-hybridized carbons (Fsp3) is 0.286. The number of hydrogen-bond acceptors (Lipinski definition) is 5. The van der Waals surface area contributed by atoms with E-state index in [-0.39, 0.29) is 11.7 Å². The van der Waals surface area contributed by atoms with E-state index in [4.69, 9.17) is 9.15 Å². The minimum Gasteiger partial charge on any atom is -0.507 e. The van der Waals surface area contributed by atoms with Crippen LogP contribution in [0.3, 0.4) is 0 Å². The Kier molecular flexibility index (Phi) is 6.57. The Hall–Kier alpha value is -4.00. The topological polar surface area (TPSA) is 91.6 Å². The van der Waals surface area contributed by atoms with Crippen molar-refractivity contribution in [2.45, 2.75) is 45.2 Å². The van der Waals surface area contributed by atoms with Gasteiger partial charge in [0.2, 0.25) is 0 Å². The molecule has 1 atom stereocenters. The van der Waals surface area contributed by atoms with Gasteiger partial charge in [-0.2, -0.15) is 5.10 Å². The van der Waals surface area contributed by atoms with Gasteiger partial charge in [-0.1, -0.05) is 50.5 Å². The van der Waals surface area contributed by atoms with Crippen LogP contribution in [0.5, 0.6) is 11.5 Å². The number of rotatable bonds is 10. The summed E-state index contributed by atoms with van der Waals surface area (Å²) in [6.07, 6.45) is 6.22. The molecule has 7 heteroatoms. The van der Waals surface area contributed by atoms with Crippen LogP contribution < -0.4 is 4.74 Å². The molecule has 35 heavy (non-hydrogen) atoms. The zero-order valence-corrected chi connectivity index (χ0v) is 19.7. The molecular weight excluding hydrogens is 442 g/mol. The SMILES string of the molecule is CCCCCCOc1ccc([C@H]2c3c(-c4ccccc4O)n[nH]c3C(=O)N2Cc2ccco2)cc1. The summed E-state index contributed by atoms with van der Waals surface area (Å²) in [4.78, 5) is 15.2. The number of aromatic hydroxyl groups is 1. The number of H-pyrrole nitrogens is 1. The Morgan fingerprint density at radius 3 is 2.63 bits per heavy atom. The number of hydrogen-bond donors (Lipinski definition) is 2. The van der Waals surface area contributed by atoms with Gasteiger partial charge < -0.3 is 19.2 Å². The summed E-state index contributed by atoms with van der Waals surface area (Å²) in [6.45, 7) is 3.20. The Balaban J connectivity index is 1.48. The zero-order valence-electron chi connectivity index (χ0n) is 19.7. The van der Waals surface area contributed by atoms with E-state index in [1.54, 1.807) is 29.4 Å². The molecule has 1 aliphatic rings. The number of amides is 1. The number of fused-ring (bicyclic) bond motifs is 1. The van der Waals surface area contributed by atoms with Crippen LogP contribution >= 0.6 is 0 Å². The molecular formula is C28H29N3O4. The molecule has 0 fully saturated rings. The van der Waals surface area contributed by atoms with Crippen LogP contribution in [0.4, 0.5) is 0 Å². The lowest BCUT2D eigenvalue weighted by atomic mass is 9.95. The second kappa shape index (κ2) is 10.1. The molecule has 180 valence electrons. The van der Waals surface area contributed by atoms with Crippen molar-refractivity contribution in [3.8, 4) is 22.8 Å². The van der Waals surface area contributed by atoms with Crippen LogP contribution in [0.25, 0.3) is 11.3 Å². The second-order valence-electron chi connectivity index (χ2n) is 8.77. The van der Waals surface area contributed by atoms with E-state index in [0.29, 0.717) is 35.9 Å². The van der Waals surface area contributed by atoms with Gasteiger partial charge in [-0.05, 0) is 48.4 Å². The lowest BCUT2D eigenvalue weighted by molar-refractivity contribution is 0.0717. The molecule has 4 aromatic rings. The molecule has 2 N–H and O–H groups in total. The lowest BCUT2D eigenvalue weighted by Gasteiger charge is -2.25. The van der Waals surface area contributed by atoms with Gasteiger partial charge in [0.25, 0.3) is 5.91 Å². The molecule has 1 aliphatic heterocycles. The number of carbonyl (C=O) groups excluding carboxylic acids is 1. The molecule has 0 unspecified atom stereocenters. The summed E-state index contributed by atoms with van der Waals surface area (Å²) in [5, 5.41) is 17.8. The number of benzene rings is 2. The zero-order chi connectivity index (χ0) is 24.2. The van der Waals surface area contributed by atoms with Crippen molar-refractivity contribution >= 4 is 5.91 Å². The largest absolute Gasteiger partial charge is 0.507 e. The predicted molar refractivity (Wildman–Crippen MR) is 132 cm³/mol. The van der Waals surface area contributed by atoms with E-state index in [2.05, 4.69) is 17.1 Å². The third kappa shape index (κ3) is 4.54. The Bertz CT molecular complexity index is 1280. The second-order valence-corrected chi connectivity index (χ2v) is 8.77. The van der Waals surface area contributed by atoms with Crippen LogP contribution in [-0.4, -0.2) is 32.7 Å². The highest BCUT2D eigenvalue weighted by Gasteiger charge is 2.42. The standard InChI is InChI=1S/C28H29N3O4/c1-2-3-4-7-16-34-20-14-12-19(13-15-20)27-24-25(22-10-5-6-11-23(22)32)29-30-26(24)28(33)31(27)18-21-9-8-17-35-21/h5-6,8-15,17,27,32H,2-4,7,16,18H2,1H3,(H,29,30)/t27-/m0/s1. The highest BCUT2D eigenvalue weighted by Crippen LogP contribution is 2.45. The first-order valence-electron chi connectivity index (χ1n) is 12.1. The van der Waals surface area contributed by atoms with Crippen molar-refractivity contribution in [1.29, 1.82) is 0 Å². The average Bonchev–Trinajstić information content (AvgIpc) is 3.60. The summed E-state index contributed by atoms with van der Waals surface area (Å²) in [5.41, 5.74) is 3.25. The molecule has 0 saturated carbocycles. The maximum absolute atomic E-state index is 13.5. The fourth-order valence-electron chi connectivity index (χ4n) is 4.62. The van der Waals surface area contributed by atoms with Crippen LogP contribution in [0.15, 0.2) is 71.3 Å². The number of phenols is 1. The third-order valence-corrected chi connectivity index (χ3v) is 6.39. The third-order valence-electron chi connectivity index (χ3n) is 6.39. The van der Waals surface area contributed by atoms with Crippen molar-refractivity contribution in [1.82, 2.24) is 15.1 Å². The van der Waals surface area contributed by atoms with Crippen molar-refractivity contribution in [3.05, 3.63) is 89.5 Å². The first kappa shape index (κ1) is 22.8. The van der Waals surface area contributed by atoms with E-state index < -0.39 is 6.04 Å². The van der Waals surface area contributed by atoms with Gasteiger partial charge in [0, 0.05) is 11.1 Å². The van der Waals surface area contributed by atoms with Crippen LogP contribution in [-0.2, 0) is 6.54 Å². The number of unbranched alkanes of at least 4 members (excludes halogenated alkanes) is 3. The maximum Gasteiger partial charge on any atom is 0.273 e. The number of phenolic OH excluding ortho intramolecular Hbond substituents is 1. The monoisotopic (exact) mass is 471 g/mol. The Morgan fingerprint density at radius 1 is 1.06 bits per heavy atom. The molecule has 7 nitrogen and oxygen atoms in total. The molecule has 0 aliphatic carbocycles. The van der Waals surface area contributed by atoms with Gasteiger partial charge in [-0.3, -0.25) is 9.89 Å². The first-order chi connectivity index (χ1) is 17.2. The number of nitrogens with one attached hydrogen (secondary N) is 1. The van der Waals surface area contributed by atoms with Gasteiger partial charge in [0.15, 0.2) is 0 Å². The van der Waals surface area contributed by atoms with Gasteiger partial charge in [-0.25, -0.2) is 0 Å². The molecule has 3 heterocycles. The minimum absolute atomic E-state index is 0.115. The van der Waals surface area contributed by atoms with Crippen LogP contribution in [0, 0.1) is 0 Å². The number of furan rings is 1. The van der Waals surface area contributed by atoms with Crippen molar-refractivity contribution < 1.29 is 19.1 Å². The summed E-state index contributed by atoms with van der Waals surface area (Å²) in [5.74, 6) is 1.45. The Morgan fingerprint density at radius 2 is 1.89 bits per heavy atom. The van der Waals surface area contributed by atoms with Crippen molar-refractivity contribution in [3.63, 3.8) is 0 Å². The molecule has 0 saturated heterocycles. The van der Waals surface area contributed by atoms with Crippen LogP contribution in [0.2, 0.25) is 0 Å². The smallest absolute Gasteiger partial charge is 0.273 e. The summed E-state index contributed by atoms with van der Waals surface area (Å²) >= 11 is 0. The average molecular weight is 472 g/mol. The molecule has 5 rings (SSSR count). The summed E-state index contributed by atoms with van der Waals surface area (Å²) in [7, 11) is 0. The van der Waals surface area contributed by atoms with E-state index >= 15 is 0 Å². The van der Waals surface area contributed by atoms with Gasteiger partial charge >= 0.3 is 0 Å². The fourth-order valence-corrected chi connectivity index (χ4v) is 4.62. The minimum atomic E-state index is -0.394. The predicted octanol–water partition coefficient (Wildman–Crippen LogP) is 6.08. The number of ether oxygens (including phenoxy) is 1. The highest BCUT2D eigenvalue weighted by atomic mass is 16.5. The van der Waals surface area contributed by atoms with E-state index in [1.807, 2.05) is 42.5 Å². The molecule has 2 aromatic heterocycles. The van der Waals surface area contributed by atoms with E-state index in [1.165, 1.54) is 19.3 Å². The molecule has 0 radical (unpaired) electrons. The molecule has 2 aromatic carbocycles.